The van der Waals surface area contributed by atoms with Gasteiger partial charge in [0.15, 0.2) is 0 Å². The molecule has 0 aliphatic heterocycles. The van der Waals surface area contributed by atoms with Gasteiger partial charge >= 0.3 is 5.97 Å². The molecular formula is C28H49NO3. The minimum Gasteiger partial charge on any atom is -0.481 e. The number of hydrogen-bond donors (Lipinski definition) is 1. The van der Waals surface area contributed by atoms with E-state index in [0.717, 1.165) is 43.9 Å². The largest absolute Gasteiger partial charge is 0.481 e. The molecule has 0 aromatic heterocycles. The number of hydrogen-bond acceptors (Lipinski definition) is 3. The molecule has 0 aromatic rings. The summed E-state index contributed by atoms with van der Waals surface area (Å²) in [6.45, 7) is 13.1. The van der Waals surface area contributed by atoms with Crippen molar-refractivity contribution in [1.29, 1.82) is 0 Å². The van der Waals surface area contributed by atoms with Crippen LogP contribution >= 0.6 is 0 Å². The van der Waals surface area contributed by atoms with Crippen molar-refractivity contribution in [2.75, 3.05) is 0 Å². The van der Waals surface area contributed by atoms with Crippen molar-refractivity contribution >= 4 is 5.97 Å². The van der Waals surface area contributed by atoms with Gasteiger partial charge in [0, 0.05) is 0 Å². The Morgan fingerprint density at radius 1 is 1.09 bits per heavy atom. The van der Waals surface area contributed by atoms with Gasteiger partial charge in [-0.1, -0.05) is 88.8 Å². The lowest BCUT2D eigenvalue weighted by atomic mass is 9.77. The van der Waals surface area contributed by atoms with Crippen LogP contribution in [0.2, 0.25) is 0 Å². The van der Waals surface area contributed by atoms with Gasteiger partial charge in [0.1, 0.15) is 6.04 Å². The molecule has 1 aliphatic rings. The molecule has 0 bridgehead atoms. The van der Waals surface area contributed by atoms with Crippen molar-refractivity contribution < 1.29 is 9.90 Å². The molecule has 4 nitrogen and oxygen atoms in total. The Balaban J connectivity index is 2.16. The molecule has 32 heavy (non-hydrogen) atoms. The van der Waals surface area contributed by atoms with E-state index in [9.17, 15) is 9.70 Å². The van der Waals surface area contributed by atoms with E-state index in [4.69, 9.17) is 5.11 Å². The monoisotopic (exact) mass is 447 g/mol. The second kappa shape index (κ2) is 15.4. The average Bonchev–Trinajstić information content (AvgIpc) is 2.74. The van der Waals surface area contributed by atoms with Crippen molar-refractivity contribution in [2.24, 2.45) is 34.8 Å². The fourth-order valence-electron chi connectivity index (χ4n) is 4.78. The van der Waals surface area contributed by atoms with Crippen LogP contribution in [0.3, 0.4) is 0 Å². The van der Waals surface area contributed by atoms with E-state index < -0.39 is 5.97 Å². The summed E-state index contributed by atoms with van der Waals surface area (Å²) < 4.78 is 0. The third-order valence-corrected chi connectivity index (χ3v) is 7.68. The van der Waals surface area contributed by atoms with Gasteiger partial charge in [-0.2, -0.15) is 4.91 Å². The Labute approximate surface area is 197 Å². The molecule has 184 valence electrons. The van der Waals surface area contributed by atoms with Crippen LogP contribution in [0, 0.1) is 34.5 Å². The molecule has 1 aliphatic carbocycles. The second-order valence-electron chi connectivity index (χ2n) is 10.9. The predicted molar refractivity (Wildman–Crippen MR) is 136 cm³/mol. The van der Waals surface area contributed by atoms with Gasteiger partial charge < -0.3 is 5.11 Å². The molecule has 1 N–H and O–H groups in total. The first-order valence-corrected chi connectivity index (χ1v) is 13.0. The first-order chi connectivity index (χ1) is 15.1. The van der Waals surface area contributed by atoms with E-state index >= 15 is 0 Å². The van der Waals surface area contributed by atoms with Crippen LogP contribution in [0.1, 0.15) is 112 Å². The van der Waals surface area contributed by atoms with Crippen molar-refractivity contribution in [1.82, 2.24) is 0 Å². The van der Waals surface area contributed by atoms with Crippen molar-refractivity contribution in [3.05, 3.63) is 28.2 Å². The quantitative estimate of drug-likeness (QED) is 0.190. The van der Waals surface area contributed by atoms with Crippen LogP contribution in [0.5, 0.6) is 0 Å². The maximum atomic E-state index is 11.1. The molecule has 0 saturated heterocycles. The van der Waals surface area contributed by atoms with Crippen LogP contribution in [-0.2, 0) is 4.79 Å². The maximum absolute atomic E-state index is 11.1. The van der Waals surface area contributed by atoms with Crippen LogP contribution in [0.4, 0.5) is 0 Å². The van der Waals surface area contributed by atoms with Gasteiger partial charge in [-0.05, 0) is 75.5 Å². The Morgan fingerprint density at radius 3 is 2.34 bits per heavy atom. The number of carboxylic acid groups (broad SMARTS) is 1. The molecule has 6 atom stereocenters. The highest BCUT2D eigenvalue weighted by Gasteiger charge is 2.27. The molecule has 0 heterocycles. The van der Waals surface area contributed by atoms with E-state index in [0.29, 0.717) is 11.8 Å². The third kappa shape index (κ3) is 11.4. The SMILES string of the molecule is C/C(=C\CCC(C)C(=O)O)CCCC(C)CCCC(C)CCC1=CC(N=O)C(C)C(C)C1. The van der Waals surface area contributed by atoms with Crippen molar-refractivity contribution in [3.63, 3.8) is 0 Å². The van der Waals surface area contributed by atoms with Crippen LogP contribution in [0.25, 0.3) is 0 Å². The number of nitrogens with zero attached hydrogens (tertiary/aromatic N) is 1. The Bertz CT molecular complexity index is 624. The summed E-state index contributed by atoms with van der Waals surface area (Å²) in [5.41, 5.74) is 2.84. The first kappa shape index (κ1) is 28.6. The Kier molecular flexibility index (Phi) is 13.8. The number of carboxylic acids is 1. The number of rotatable bonds is 16. The minimum atomic E-state index is -0.696. The molecular weight excluding hydrogens is 398 g/mol. The lowest BCUT2D eigenvalue weighted by molar-refractivity contribution is -0.141. The van der Waals surface area contributed by atoms with E-state index in [1.54, 1.807) is 6.92 Å². The second-order valence-corrected chi connectivity index (χ2v) is 10.9. The molecule has 0 saturated carbocycles. The fourth-order valence-corrected chi connectivity index (χ4v) is 4.78. The smallest absolute Gasteiger partial charge is 0.306 e. The molecule has 6 unspecified atom stereocenters. The van der Waals surface area contributed by atoms with Gasteiger partial charge in [-0.15, -0.1) is 0 Å². The number of carbonyl (C=O) groups is 1. The van der Waals surface area contributed by atoms with Gasteiger partial charge in [0.25, 0.3) is 0 Å². The molecule has 0 fully saturated rings. The zero-order valence-electron chi connectivity index (χ0n) is 21.6. The van der Waals surface area contributed by atoms with Crippen molar-refractivity contribution in [2.45, 2.75) is 118 Å². The van der Waals surface area contributed by atoms with E-state index in [1.165, 1.54) is 49.7 Å². The molecule has 0 aromatic carbocycles. The van der Waals surface area contributed by atoms with E-state index in [1.807, 2.05) is 0 Å². The van der Waals surface area contributed by atoms with Gasteiger partial charge in [-0.25, -0.2) is 0 Å². The summed E-state index contributed by atoms with van der Waals surface area (Å²) in [6, 6.07) is -0.128. The Morgan fingerprint density at radius 2 is 1.72 bits per heavy atom. The van der Waals surface area contributed by atoms with Crippen LogP contribution < -0.4 is 0 Å². The molecule has 1 rings (SSSR count). The summed E-state index contributed by atoms with van der Waals surface area (Å²) in [5, 5.41) is 12.3. The summed E-state index contributed by atoms with van der Waals surface area (Å²) in [6.07, 6.45) is 17.0. The first-order valence-electron chi connectivity index (χ1n) is 13.0. The van der Waals surface area contributed by atoms with E-state index in [2.05, 4.69) is 51.9 Å². The Hall–Kier alpha value is -1.45. The average molecular weight is 448 g/mol. The summed E-state index contributed by atoms with van der Waals surface area (Å²) in [5.74, 6) is 1.48. The number of allylic oxidation sites excluding steroid dienone is 3. The van der Waals surface area contributed by atoms with Gasteiger partial charge in [0.05, 0.1) is 5.92 Å². The maximum Gasteiger partial charge on any atom is 0.306 e. The lowest BCUT2D eigenvalue weighted by Crippen LogP contribution is -2.25. The zero-order valence-corrected chi connectivity index (χ0v) is 21.6. The lowest BCUT2D eigenvalue weighted by Gasteiger charge is -2.29. The number of aliphatic carboxylic acids is 1. The van der Waals surface area contributed by atoms with Crippen LogP contribution in [0.15, 0.2) is 28.5 Å². The fraction of sp³-hybridized carbons (Fsp3) is 0.821. The predicted octanol–water partition coefficient (Wildman–Crippen LogP) is 8.56. The topological polar surface area (TPSA) is 66.7 Å². The van der Waals surface area contributed by atoms with E-state index in [-0.39, 0.29) is 12.0 Å². The van der Waals surface area contributed by atoms with Crippen molar-refractivity contribution in [3.8, 4) is 0 Å². The number of nitroso groups, excluding NO2 is 1. The zero-order chi connectivity index (χ0) is 24.1. The highest BCUT2D eigenvalue weighted by molar-refractivity contribution is 5.69. The highest BCUT2D eigenvalue weighted by atomic mass is 16.4. The normalized spacial score (nSPS) is 24.5. The summed E-state index contributed by atoms with van der Waals surface area (Å²) in [7, 11) is 0. The minimum absolute atomic E-state index is 0.128. The molecule has 0 radical (unpaired) electrons. The third-order valence-electron chi connectivity index (χ3n) is 7.68. The summed E-state index contributed by atoms with van der Waals surface area (Å²) >= 11 is 0. The van der Waals surface area contributed by atoms with Gasteiger partial charge in [0.2, 0.25) is 0 Å². The highest BCUT2D eigenvalue weighted by Crippen LogP contribution is 2.34. The van der Waals surface area contributed by atoms with Gasteiger partial charge in [-0.3, -0.25) is 4.79 Å². The molecule has 0 spiro atoms. The standard InChI is InChI=1S/C28H49NO3/c1-20(10-7-11-21(2)14-9-15-23(4)28(30)31)12-8-13-22(3)16-17-26-18-24(5)25(6)27(19-26)29-32/h14,19-20,22-25,27H,7-13,15-18H2,1-6H3,(H,30,31)/b21-14+. The molecule has 4 heteroatoms. The summed E-state index contributed by atoms with van der Waals surface area (Å²) in [4.78, 5) is 22.0. The van der Waals surface area contributed by atoms with Crippen LogP contribution in [-0.4, -0.2) is 17.1 Å². The molecule has 0 amide bonds.